The molecule has 0 radical (unpaired) electrons. The molecule has 5 N–H and O–H groups in total. The molecule has 2 heterocycles. The van der Waals surface area contributed by atoms with Gasteiger partial charge in [-0.2, -0.15) is 0 Å². The van der Waals surface area contributed by atoms with Crippen molar-refractivity contribution in [2.45, 2.75) is 57.7 Å². The van der Waals surface area contributed by atoms with Crippen molar-refractivity contribution in [2.75, 3.05) is 40.9 Å². The first-order valence-electron chi connectivity index (χ1n) is 17.6. The summed E-state index contributed by atoms with van der Waals surface area (Å²) in [5, 5.41) is 13.5. The molecule has 1 fully saturated rings. The molecule has 1 saturated heterocycles. The van der Waals surface area contributed by atoms with Gasteiger partial charge in [-0.05, 0) is 79.3 Å². The zero-order valence-corrected chi connectivity index (χ0v) is 30.7. The van der Waals surface area contributed by atoms with E-state index in [1.807, 2.05) is 30.5 Å². The number of unbranched alkanes of at least 4 members (excludes halogenated alkanes) is 1. The van der Waals surface area contributed by atoms with Crippen LogP contribution in [0.2, 0.25) is 0 Å². The van der Waals surface area contributed by atoms with E-state index in [9.17, 15) is 19.2 Å². The van der Waals surface area contributed by atoms with Gasteiger partial charge in [0.2, 0.25) is 17.7 Å². The van der Waals surface area contributed by atoms with Crippen LogP contribution >= 0.6 is 0 Å². The third-order valence-electron chi connectivity index (χ3n) is 8.86. The number of aromatic amines is 1. The Bertz CT molecular complexity index is 1840. The molecule has 0 aliphatic carbocycles. The lowest BCUT2D eigenvalue weighted by atomic mass is 9.98. The summed E-state index contributed by atoms with van der Waals surface area (Å²) in [4.78, 5) is 67.4. The van der Waals surface area contributed by atoms with Crippen LogP contribution < -0.4 is 21.3 Å². The summed E-state index contributed by atoms with van der Waals surface area (Å²) < 4.78 is 8.44. The first-order chi connectivity index (χ1) is 25.7. The van der Waals surface area contributed by atoms with Gasteiger partial charge in [0.15, 0.2) is 0 Å². The van der Waals surface area contributed by atoms with Crippen LogP contribution in [0.15, 0.2) is 66.9 Å². The molecule has 1 aliphatic rings. The molecule has 1 aliphatic heterocycles. The normalized spacial score (nSPS) is 14.0. The molecular formula is C39H49N7O7. The Morgan fingerprint density at radius 1 is 0.962 bits per heavy atom. The van der Waals surface area contributed by atoms with Gasteiger partial charge in [-0.15, -0.1) is 0 Å². The average Bonchev–Trinajstić information content (AvgIpc) is 3.87. The average molecular weight is 728 g/mol. The molecule has 53 heavy (non-hydrogen) atoms. The first kappa shape index (κ1) is 40.0. The number of ether oxygens (including phenoxy) is 2. The van der Waals surface area contributed by atoms with Crippen LogP contribution in [0, 0.1) is 0 Å². The van der Waals surface area contributed by atoms with E-state index >= 15 is 0 Å². The monoisotopic (exact) mass is 727 g/mol. The lowest BCUT2D eigenvalue weighted by molar-refractivity contribution is -0.139. The molecule has 0 bridgehead atoms. The van der Waals surface area contributed by atoms with Crippen LogP contribution in [0.1, 0.15) is 44.0 Å². The van der Waals surface area contributed by atoms with Gasteiger partial charge in [0, 0.05) is 31.6 Å². The smallest absolute Gasteiger partial charge is 0.407 e. The van der Waals surface area contributed by atoms with Gasteiger partial charge in [0.1, 0.15) is 17.9 Å². The maximum Gasteiger partial charge on any atom is 0.407 e. The van der Waals surface area contributed by atoms with Gasteiger partial charge in [-0.1, -0.05) is 48.5 Å². The van der Waals surface area contributed by atoms with Crippen LogP contribution in [-0.2, 0) is 41.6 Å². The molecule has 282 valence electrons. The number of benzene rings is 3. The molecule has 0 spiro atoms. The second-order valence-electron chi connectivity index (χ2n) is 12.7. The third kappa shape index (κ3) is 11.6. The number of alkyl carbamates (subject to hydrolysis) is 1. The van der Waals surface area contributed by atoms with E-state index < -0.39 is 18.2 Å². The number of nitrogens with one attached hydrogen (secondary N) is 5. The Morgan fingerprint density at radius 3 is 2.32 bits per heavy atom. The number of fused-ring (bicyclic) bond motifs is 1. The van der Waals surface area contributed by atoms with Gasteiger partial charge < -0.3 is 40.6 Å². The number of likely N-dealkylation sites (N-methyl/N-ethyl adjacent to an activating group) is 1. The van der Waals surface area contributed by atoms with Gasteiger partial charge in [0.25, 0.3) is 6.47 Å². The quantitative estimate of drug-likeness (QED) is 0.0901. The van der Waals surface area contributed by atoms with E-state index in [4.69, 9.17) is 4.79 Å². The summed E-state index contributed by atoms with van der Waals surface area (Å²) in [5.41, 5.74) is 5.16. The molecule has 1 aromatic heterocycles. The minimum Gasteiger partial charge on any atom is -0.471 e. The molecule has 4 amide bonds. The number of amides is 4. The zero-order chi connectivity index (χ0) is 38.2. The number of likely N-dealkylation sites (tertiary alicyclic amines) is 1. The standard InChI is InChI=1S/C37H45N7O5.C2H4O2/c1-24(42-37(48)49-3)36(47)44-18-6-7-32(44)35(46)41-21-25-9-11-26(12-10-25)27-13-14-29-20-30(16-15-28(29)19-27)31-22-40-33(43-31)8-4-5-17-39-34(45)23-38-2;1-4-2-3/h9-16,19-20,22,24,32,38H,4-8,17-18,21,23H2,1-3H3,(H,39,45)(H,40,43)(H,41,46)(H,42,48);2H,1H3. The number of imidazole rings is 1. The van der Waals surface area contributed by atoms with Crippen LogP contribution in [0.3, 0.4) is 0 Å². The molecule has 2 atom stereocenters. The number of aromatic nitrogens is 2. The summed E-state index contributed by atoms with van der Waals surface area (Å²) in [6, 6.07) is 19.5. The van der Waals surface area contributed by atoms with Crippen molar-refractivity contribution < 1.29 is 33.4 Å². The van der Waals surface area contributed by atoms with E-state index in [1.165, 1.54) is 19.1 Å². The molecule has 14 nitrogen and oxygen atoms in total. The maximum atomic E-state index is 13.0. The molecule has 4 aromatic rings. The Hall–Kier alpha value is -5.76. The molecular weight excluding hydrogens is 678 g/mol. The summed E-state index contributed by atoms with van der Waals surface area (Å²) in [5.74, 6) is 0.435. The van der Waals surface area contributed by atoms with Gasteiger partial charge >= 0.3 is 6.09 Å². The largest absolute Gasteiger partial charge is 0.471 e. The highest BCUT2D eigenvalue weighted by Gasteiger charge is 2.36. The molecule has 5 rings (SSSR count). The number of methoxy groups -OCH3 is 2. The minimum absolute atomic E-state index is 0.00937. The molecule has 2 unspecified atom stereocenters. The van der Waals surface area contributed by atoms with Crippen molar-refractivity contribution in [3.05, 3.63) is 78.2 Å². The number of H-pyrrole nitrogens is 1. The van der Waals surface area contributed by atoms with Crippen molar-refractivity contribution in [1.82, 2.24) is 36.1 Å². The Kier molecular flexibility index (Phi) is 15.3. The number of aryl methyl sites for hydroxylation is 1. The Labute approximate surface area is 309 Å². The highest BCUT2D eigenvalue weighted by atomic mass is 16.5. The van der Waals surface area contributed by atoms with E-state index in [1.54, 1.807) is 14.0 Å². The number of rotatable bonds is 15. The van der Waals surface area contributed by atoms with Crippen molar-refractivity contribution >= 4 is 41.1 Å². The van der Waals surface area contributed by atoms with E-state index in [2.05, 4.69) is 77.1 Å². The highest BCUT2D eigenvalue weighted by molar-refractivity contribution is 5.92. The van der Waals surface area contributed by atoms with Crippen molar-refractivity contribution in [1.29, 1.82) is 0 Å². The van der Waals surface area contributed by atoms with Gasteiger partial charge in [-0.25, -0.2) is 9.78 Å². The van der Waals surface area contributed by atoms with Crippen LogP contribution in [0.5, 0.6) is 0 Å². The van der Waals surface area contributed by atoms with Gasteiger partial charge in [-0.3, -0.25) is 19.2 Å². The second kappa shape index (κ2) is 20.3. The molecule has 14 heteroatoms. The Morgan fingerprint density at radius 2 is 1.64 bits per heavy atom. The molecule has 0 saturated carbocycles. The van der Waals surface area contributed by atoms with E-state index in [0.29, 0.717) is 39.1 Å². The van der Waals surface area contributed by atoms with E-state index in [0.717, 1.165) is 70.2 Å². The van der Waals surface area contributed by atoms with Crippen LogP contribution in [0.4, 0.5) is 4.79 Å². The fourth-order valence-corrected chi connectivity index (χ4v) is 6.07. The second-order valence-corrected chi connectivity index (χ2v) is 12.7. The number of hydrogen-bond acceptors (Lipinski definition) is 9. The van der Waals surface area contributed by atoms with E-state index in [-0.39, 0.29) is 17.7 Å². The first-order valence-corrected chi connectivity index (χ1v) is 17.6. The predicted octanol–water partition coefficient (Wildman–Crippen LogP) is 3.70. The van der Waals surface area contributed by atoms with Crippen molar-refractivity contribution in [3.63, 3.8) is 0 Å². The number of carbonyl (C=O) groups excluding carboxylic acids is 5. The highest BCUT2D eigenvalue weighted by Crippen LogP contribution is 2.28. The number of carbonyl (C=O) groups is 5. The third-order valence-corrected chi connectivity index (χ3v) is 8.86. The summed E-state index contributed by atoms with van der Waals surface area (Å²) in [6.45, 7) is 3.77. The summed E-state index contributed by atoms with van der Waals surface area (Å²) >= 11 is 0. The topological polar surface area (TPSA) is 184 Å². The maximum absolute atomic E-state index is 13.0. The van der Waals surface area contributed by atoms with Crippen molar-refractivity contribution in [2.24, 2.45) is 0 Å². The summed E-state index contributed by atoms with van der Waals surface area (Å²) in [7, 11) is 4.31. The fourth-order valence-electron chi connectivity index (χ4n) is 6.07. The summed E-state index contributed by atoms with van der Waals surface area (Å²) in [6.07, 6.45) is 5.14. The van der Waals surface area contributed by atoms with Crippen LogP contribution in [0.25, 0.3) is 33.2 Å². The lowest BCUT2D eigenvalue weighted by Crippen LogP contribution is -2.52. The number of hydrogen-bond donors (Lipinski definition) is 5. The Balaban J connectivity index is 0.00000149. The lowest BCUT2D eigenvalue weighted by Gasteiger charge is -2.27. The van der Waals surface area contributed by atoms with Crippen LogP contribution in [-0.4, -0.2) is 98.1 Å². The fraction of sp³-hybridized carbons (Fsp3) is 0.385. The minimum atomic E-state index is -0.785. The molecule has 3 aromatic carbocycles. The zero-order valence-electron chi connectivity index (χ0n) is 30.7. The SMILES string of the molecule is CNCC(=O)NCCCCc1ncc(-c2ccc3cc(-c4ccc(CNC(=O)C5CCCN5C(=O)C(C)NC(=O)OC)cc4)ccc3c2)[nH]1.COC=O. The van der Waals surface area contributed by atoms with Gasteiger partial charge in [0.05, 0.1) is 32.7 Å². The predicted molar refractivity (Wildman–Crippen MR) is 201 cm³/mol. The number of nitrogens with zero attached hydrogens (tertiary/aromatic N) is 2. The van der Waals surface area contributed by atoms with Crippen molar-refractivity contribution in [3.8, 4) is 22.4 Å².